The summed E-state index contributed by atoms with van der Waals surface area (Å²) >= 11 is 0. The first kappa shape index (κ1) is 17.6. The lowest BCUT2D eigenvalue weighted by Crippen LogP contribution is -2.46. The molecule has 6 heteroatoms. The first-order chi connectivity index (χ1) is 12.7. The Morgan fingerprint density at radius 1 is 1.19 bits per heavy atom. The van der Waals surface area contributed by atoms with Gasteiger partial charge in [-0.05, 0) is 44.2 Å². The van der Waals surface area contributed by atoms with Crippen LogP contribution in [0.1, 0.15) is 55.2 Å². The van der Waals surface area contributed by atoms with Crippen molar-refractivity contribution in [2.24, 2.45) is 5.92 Å². The van der Waals surface area contributed by atoms with Crippen LogP contribution in [-0.4, -0.2) is 65.0 Å². The van der Waals surface area contributed by atoms with Gasteiger partial charge >= 0.3 is 0 Å². The smallest absolute Gasteiger partial charge is 0.270 e. The minimum absolute atomic E-state index is 0.0142. The molecule has 4 heterocycles. The summed E-state index contributed by atoms with van der Waals surface area (Å²) in [5.41, 5.74) is 1.79. The first-order valence-corrected chi connectivity index (χ1v) is 10.0. The quantitative estimate of drug-likeness (QED) is 0.896. The lowest BCUT2D eigenvalue weighted by molar-refractivity contribution is -0.138. The van der Waals surface area contributed by atoms with E-state index in [9.17, 15) is 9.59 Å². The largest absolute Gasteiger partial charge is 0.381 e. The zero-order valence-corrected chi connectivity index (χ0v) is 15.6. The van der Waals surface area contributed by atoms with Crippen molar-refractivity contribution in [3.8, 4) is 0 Å². The van der Waals surface area contributed by atoms with Crippen LogP contribution in [0.4, 0.5) is 0 Å². The van der Waals surface area contributed by atoms with Gasteiger partial charge in [0.05, 0.1) is 12.5 Å². The van der Waals surface area contributed by atoms with Crippen molar-refractivity contribution in [2.45, 2.75) is 57.5 Å². The maximum atomic E-state index is 13.0. The molecule has 3 aliphatic heterocycles. The summed E-state index contributed by atoms with van der Waals surface area (Å²) in [6.45, 7) is 4.76. The number of aromatic amines is 1. The Hall–Kier alpha value is -1.82. The highest BCUT2D eigenvalue weighted by atomic mass is 16.5. The molecule has 3 saturated heterocycles. The molecule has 0 aromatic carbocycles. The molecule has 3 aliphatic rings. The molecule has 142 valence electrons. The molecular formula is C20H29N3O3. The standard InChI is InChI=1S/C20H29N3O3/c1-2-3-15-4-7-18(21-15)20(25)22-10-8-16-5-6-17(12-22)23(16)19(24)14-9-11-26-13-14/h4,7,14,16-17,21H,2-3,5-6,8-13H2,1H3. The van der Waals surface area contributed by atoms with E-state index in [1.807, 2.05) is 17.0 Å². The van der Waals surface area contributed by atoms with Crippen LogP contribution in [0, 0.1) is 5.92 Å². The molecule has 3 atom stereocenters. The second-order valence-corrected chi connectivity index (χ2v) is 7.88. The third kappa shape index (κ3) is 3.27. The Labute approximate surface area is 154 Å². The molecule has 3 unspecified atom stereocenters. The monoisotopic (exact) mass is 359 g/mol. The third-order valence-electron chi connectivity index (χ3n) is 6.10. The number of nitrogens with one attached hydrogen (secondary N) is 1. The van der Waals surface area contributed by atoms with E-state index in [4.69, 9.17) is 4.74 Å². The summed E-state index contributed by atoms with van der Waals surface area (Å²) in [5.74, 6) is 0.325. The number of H-pyrrole nitrogens is 1. The summed E-state index contributed by atoms with van der Waals surface area (Å²) in [5, 5.41) is 0. The second kappa shape index (κ2) is 7.43. The van der Waals surface area contributed by atoms with Crippen LogP contribution >= 0.6 is 0 Å². The topological polar surface area (TPSA) is 65.6 Å². The minimum atomic E-state index is 0.0142. The number of fused-ring (bicyclic) bond motifs is 2. The number of carbonyl (C=O) groups is 2. The van der Waals surface area contributed by atoms with Crippen molar-refractivity contribution in [3.05, 3.63) is 23.5 Å². The molecule has 1 aromatic rings. The second-order valence-electron chi connectivity index (χ2n) is 7.88. The molecule has 3 fully saturated rings. The maximum Gasteiger partial charge on any atom is 0.270 e. The maximum absolute atomic E-state index is 13.0. The summed E-state index contributed by atoms with van der Waals surface area (Å²) in [7, 11) is 0. The molecule has 0 aliphatic carbocycles. The zero-order chi connectivity index (χ0) is 18.1. The average molecular weight is 359 g/mol. The zero-order valence-electron chi connectivity index (χ0n) is 15.6. The van der Waals surface area contributed by atoms with Gasteiger partial charge in [0.2, 0.25) is 5.91 Å². The van der Waals surface area contributed by atoms with Gasteiger partial charge in [0.1, 0.15) is 5.69 Å². The van der Waals surface area contributed by atoms with Crippen LogP contribution in [0.25, 0.3) is 0 Å². The van der Waals surface area contributed by atoms with Crippen molar-refractivity contribution in [3.63, 3.8) is 0 Å². The van der Waals surface area contributed by atoms with Crippen LogP contribution < -0.4 is 0 Å². The lowest BCUT2D eigenvalue weighted by atomic mass is 10.1. The SMILES string of the molecule is CCCc1ccc(C(=O)N2CCC3CCC(C2)N3C(=O)C2CCOC2)[nH]1. The molecule has 2 amide bonds. The Balaban J connectivity index is 1.46. The van der Waals surface area contributed by atoms with Crippen molar-refractivity contribution in [1.29, 1.82) is 0 Å². The van der Waals surface area contributed by atoms with Crippen molar-refractivity contribution in [2.75, 3.05) is 26.3 Å². The van der Waals surface area contributed by atoms with E-state index < -0.39 is 0 Å². The fourth-order valence-electron chi connectivity index (χ4n) is 4.71. The van der Waals surface area contributed by atoms with Crippen LogP contribution in [0.5, 0.6) is 0 Å². The number of aryl methyl sites for hydroxylation is 1. The highest BCUT2D eigenvalue weighted by molar-refractivity contribution is 5.92. The Bertz CT molecular complexity index is 665. The van der Waals surface area contributed by atoms with Crippen LogP contribution in [-0.2, 0) is 16.0 Å². The van der Waals surface area contributed by atoms with E-state index in [-0.39, 0.29) is 29.8 Å². The number of nitrogens with zero attached hydrogens (tertiary/aromatic N) is 2. The van der Waals surface area contributed by atoms with Crippen LogP contribution in [0.3, 0.4) is 0 Å². The van der Waals surface area contributed by atoms with Crippen LogP contribution in [0.15, 0.2) is 12.1 Å². The van der Waals surface area contributed by atoms with E-state index in [1.165, 1.54) is 0 Å². The van der Waals surface area contributed by atoms with E-state index >= 15 is 0 Å². The number of rotatable bonds is 4. The Morgan fingerprint density at radius 2 is 2.04 bits per heavy atom. The molecule has 0 radical (unpaired) electrons. The van der Waals surface area contributed by atoms with E-state index in [2.05, 4.69) is 16.8 Å². The molecule has 6 nitrogen and oxygen atoms in total. The number of hydrogen-bond donors (Lipinski definition) is 1. The molecule has 0 saturated carbocycles. The van der Waals surface area contributed by atoms with Gasteiger partial charge in [0, 0.05) is 37.5 Å². The minimum Gasteiger partial charge on any atom is -0.381 e. The van der Waals surface area contributed by atoms with Crippen LogP contribution in [0.2, 0.25) is 0 Å². The van der Waals surface area contributed by atoms with Gasteiger partial charge in [0.15, 0.2) is 0 Å². The number of carbonyl (C=O) groups excluding carboxylic acids is 2. The summed E-state index contributed by atoms with van der Waals surface area (Å²) < 4.78 is 5.41. The number of likely N-dealkylation sites (tertiary alicyclic amines) is 1. The van der Waals surface area contributed by atoms with Gasteiger partial charge in [-0.1, -0.05) is 13.3 Å². The van der Waals surface area contributed by atoms with Gasteiger partial charge in [0.25, 0.3) is 5.91 Å². The molecule has 1 aromatic heterocycles. The number of hydrogen-bond acceptors (Lipinski definition) is 3. The van der Waals surface area contributed by atoms with E-state index in [0.29, 0.717) is 25.5 Å². The van der Waals surface area contributed by atoms with Gasteiger partial charge < -0.3 is 19.5 Å². The normalized spacial score (nSPS) is 28.4. The number of ether oxygens (including phenoxy) is 1. The number of amides is 2. The highest BCUT2D eigenvalue weighted by Crippen LogP contribution is 2.33. The fourth-order valence-corrected chi connectivity index (χ4v) is 4.71. The molecule has 2 bridgehead atoms. The fraction of sp³-hybridized carbons (Fsp3) is 0.700. The van der Waals surface area contributed by atoms with Crippen molar-refractivity contribution in [1.82, 2.24) is 14.8 Å². The third-order valence-corrected chi connectivity index (χ3v) is 6.10. The van der Waals surface area contributed by atoms with Gasteiger partial charge in [-0.15, -0.1) is 0 Å². The van der Waals surface area contributed by atoms with Crippen molar-refractivity contribution >= 4 is 11.8 Å². The summed E-state index contributed by atoms with van der Waals surface area (Å²) in [6.07, 6.45) is 5.80. The van der Waals surface area contributed by atoms with Gasteiger partial charge in [-0.25, -0.2) is 0 Å². The molecule has 1 N–H and O–H groups in total. The molecule has 4 rings (SSSR count). The summed E-state index contributed by atoms with van der Waals surface area (Å²) in [4.78, 5) is 33.2. The molecule has 0 spiro atoms. The summed E-state index contributed by atoms with van der Waals surface area (Å²) in [6, 6.07) is 4.35. The first-order valence-electron chi connectivity index (χ1n) is 10.0. The molecule has 26 heavy (non-hydrogen) atoms. The predicted octanol–water partition coefficient (Wildman–Crippen LogP) is 2.21. The lowest BCUT2D eigenvalue weighted by Gasteiger charge is -2.30. The van der Waals surface area contributed by atoms with Gasteiger partial charge in [-0.3, -0.25) is 9.59 Å². The molecular weight excluding hydrogens is 330 g/mol. The van der Waals surface area contributed by atoms with Gasteiger partial charge in [-0.2, -0.15) is 0 Å². The van der Waals surface area contributed by atoms with E-state index in [0.717, 1.165) is 50.8 Å². The highest BCUT2D eigenvalue weighted by Gasteiger charge is 2.43. The predicted molar refractivity (Wildman–Crippen MR) is 97.9 cm³/mol. The Kier molecular flexibility index (Phi) is 5.02. The van der Waals surface area contributed by atoms with E-state index in [1.54, 1.807) is 0 Å². The average Bonchev–Trinajstić information content (AvgIpc) is 3.34. The Morgan fingerprint density at radius 3 is 2.81 bits per heavy atom. The van der Waals surface area contributed by atoms with Crippen molar-refractivity contribution < 1.29 is 14.3 Å². The number of aromatic nitrogens is 1.